The molecule has 0 saturated heterocycles. The largest absolute Gasteiger partial charge is 0.434 e. The summed E-state index contributed by atoms with van der Waals surface area (Å²) in [6.07, 6.45) is -3.58. The maximum atomic E-state index is 13.0. The lowest BCUT2D eigenvalue weighted by Gasteiger charge is -2.10. The lowest BCUT2D eigenvalue weighted by molar-refractivity contribution is -0.140. The molecule has 2 aromatic carbocycles. The molecule has 0 aliphatic rings. The molecular weight excluding hydrogens is 421 g/mol. The van der Waals surface area contributed by atoms with Gasteiger partial charge in [-0.25, -0.2) is 4.98 Å². The maximum absolute atomic E-state index is 13.0. The third-order valence-electron chi connectivity index (χ3n) is 4.88. The first-order valence-corrected chi connectivity index (χ1v) is 9.55. The highest BCUT2D eigenvalue weighted by Crippen LogP contribution is 2.30. The molecule has 7 nitrogen and oxygen atoms in total. The Morgan fingerprint density at radius 1 is 0.938 bits per heavy atom. The summed E-state index contributed by atoms with van der Waals surface area (Å²) < 4.78 is 40.3. The molecule has 0 aliphatic carbocycles. The molecule has 0 radical (unpaired) electrons. The summed E-state index contributed by atoms with van der Waals surface area (Å²) in [5.74, 6) is 0.0660. The molecule has 0 spiro atoms. The fourth-order valence-electron chi connectivity index (χ4n) is 3.36. The van der Waals surface area contributed by atoms with Crippen molar-refractivity contribution >= 4 is 39.6 Å². The number of carbonyl (C=O) groups excluding carboxylic acids is 1. The van der Waals surface area contributed by atoms with E-state index in [9.17, 15) is 18.0 Å². The van der Waals surface area contributed by atoms with Gasteiger partial charge in [-0.15, -0.1) is 0 Å². The van der Waals surface area contributed by atoms with E-state index in [2.05, 4.69) is 25.8 Å². The first-order valence-electron chi connectivity index (χ1n) is 9.55. The van der Waals surface area contributed by atoms with Crippen molar-refractivity contribution in [1.82, 2.24) is 19.6 Å². The van der Waals surface area contributed by atoms with E-state index in [0.29, 0.717) is 17.2 Å². The molecule has 5 rings (SSSR count). The topological polar surface area (TPSA) is 87.1 Å². The highest BCUT2D eigenvalue weighted by molar-refractivity contribution is 6.11. The van der Waals surface area contributed by atoms with Crippen molar-refractivity contribution in [2.75, 3.05) is 10.6 Å². The third-order valence-corrected chi connectivity index (χ3v) is 4.88. The Hall–Kier alpha value is -4.34. The average Bonchev–Trinajstić information content (AvgIpc) is 3.40. The Morgan fingerprint density at radius 2 is 1.69 bits per heavy atom. The van der Waals surface area contributed by atoms with Crippen molar-refractivity contribution in [3.05, 3.63) is 84.3 Å². The molecule has 0 atom stereocenters. The van der Waals surface area contributed by atoms with Crippen LogP contribution in [0, 0.1) is 0 Å². The number of benzene rings is 2. The number of rotatable bonds is 4. The fraction of sp³-hybridized carbons (Fsp3) is 0.0455. The Morgan fingerprint density at radius 3 is 2.47 bits per heavy atom. The molecule has 1 amide bonds. The minimum absolute atomic E-state index is 0.178. The summed E-state index contributed by atoms with van der Waals surface area (Å²) in [6, 6.07) is 18.9. The molecular formula is C22H15F3N6O. The zero-order valence-corrected chi connectivity index (χ0v) is 16.3. The van der Waals surface area contributed by atoms with Gasteiger partial charge in [-0.1, -0.05) is 24.3 Å². The van der Waals surface area contributed by atoms with Crippen LogP contribution in [0.5, 0.6) is 0 Å². The molecule has 0 fully saturated rings. The molecule has 0 unspecified atom stereocenters. The molecule has 0 aliphatic heterocycles. The van der Waals surface area contributed by atoms with Crippen molar-refractivity contribution in [2.45, 2.75) is 6.18 Å². The zero-order chi connectivity index (χ0) is 22.3. The SMILES string of the molecule is O=C(Nc1ccc(Nc2cccc3nc(C(F)(F)F)cn23)cc1)c1n[nH]c2ccccc12. The van der Waals surface area contributed by atoms with Gasteiger partial charge in [0.2, 0.25) is 0 Å². The Balaban J connectivity index is 1.34. The number of pyridine rings is 1. The average molecular weight is 436 g/mol. The summed E-state index contributed by atoms with van der Waals surface area (Å²) in [7, 11) is 0. The molecule has 5 aromatic rings. The number of alkyl halides is 3. The van der Waals surface area contributed by atoms with E-state index in [4.69, 9.17) is 0 Å². The summed E-state index contributed by atoms with van der Waals surface area (Å²) >= 11 is 0. The van der Waals surface area contributed by atoms with Crippen LogP contribution in [0.25, 0.3) is 16.6 Å². The van der Waals surface area contributed by atoms with Gasteiger partial charge in [-0.2, -0.15) is 18.3 Å². The van der Waals surface area contributed by atoms with E-state index in [1.54, 1.807) is 36.4 Å². The standard InChI is InChI=1S/C22H15F3N6O/c23-22(24,25)17-12-31-18(6-3-7-19(31)28-17)26-13-8-10-14(11-9-13)27-21(32)20-15-4-1-2-5-16(15)29-30-20/h1-12,26H,(H,27,32)(H,29,30). The second kappa shape index (κ2) is 7.41. The summed E-state index contributed by atoms with van der Waals surface area (Å²) in [4.78, 5) is 16.2. The summed E-state index contributed by atoms with van der Waals surface area (Å²) in [5.41, 5.74) is 1.44. The molecule has 160 valence electrons. The number of para-hydroxylation sites is 1. The number of fused-ring (bicyclic) bond motifs is 2. The van der Waals surface area contributed by atoms with Crippen LogP contribution in [0.4, 0.5) is 30.4 Å². The second-order valence-corrected chi connectivity index (χ2v) is 7.04. The maximum Gasteiger partial charge on any atom is 0.434 e. The number of aromatic amines is 1. The normalized spacial score (nSPS) is 11.7. The molecule has 3 heterocycles. The van der Waals surface area contributed by atoms with Gasteiger partial charge in [0.15, 0.2) is 11.4 Å². The number of anilines is 3. The highest BCUT2D eigenvalue weighted by atomic mass is 19.4. The first-order chi connectivity index (χ1) is 15.4. The Bertz CT molecular complexity index is 1440. The monoisotopic (exact) mass is 436 g/mol. The number of halogens is 3. The highest BCUT2D eigenvalue weighted by Gasteiger charge is 2.34. The van der Waals surface area contributed by atoms with Crippen LogP contribution in [0.3, 0.4) is 0 Å². The quantitative estimate of drug-likeness (QED) is 0.360. The van der Waals surface area contributed by atoms with Crippen molar-refractivity contribution in [3.8, 4) is 0 Å². The van der Waals surface area contributed by atoms with Gasteiger partial charge in [-0.05, 0) is 42.5 Å². The molecule has 0 saturated carbocycles. The lowest BCUT2D eigenvalue weighted by atomic mass is 10.2. The summed E-state index contributed by atoms with van der Waals surface area (Å²) in [6.45, 7) is 0. The minimum Gasteiger partial charge on any atom is -0.341 e. The van der Waals surface area contributed by atoms with Gasteiger partial charge in [0.05, 0.1) is 5.52 Å². The molecule has 32 heavy (non-hydrogen) atoms. The van der Waals surface area contributed by atoms with Gasteiger partial charge in [0.1, 0.15) is 11.5 Å². The predicted octanol–water partition coefficient (Wildman–Crippen LogP) is 5.23. The molecule has 0 bridgehead atoms. The van der Waals surface area contributed by atoms with Crippen LogP contribution >= 0.6 is 0 Å². The number of nitrogens with one attached hydrogen (secondary N) is 3. The number of aromatic nitrogens is 4. The van der Waals surface area contributed by atoms with Crippen molar-refractivity contribution < 1.29 is 18.0 Å². The van der Waals surface area contributed by atoms with E-state index >= 15 is 0 Å². The molecule has 3 N–H and O–H groups in total. The van der Waals surface area contributed by atoms with Crippen LogP contribution in [0.2, 0.25) is 0 Å². The van der Waals surface area contributed by atoms with Gasteiger partial charge in [0, 0.05) is 23.0 Å². The number of carbonyl (C=O) groups is 1. The van der Waals surface area contributed by atoms with Crippen LogP contribution in [-0.4, -0.2) is 25.5 Å². The zero-order valence-electron chi connectivity index (χ0n) is 16.3. The number of hydrogen-bond acceptors (Lipinski definition) is 4. The number of amides is 1. The summed E-state index contributed by atoms with van der Waals surface area (Å²) in [5, 5.41) is 13.5. The van der Waals surface area contributed by atoms with Crippen molar-refractivity contribution in [2.24, 2.45) is 0 Å². The minimum atomic E-state index is -4.53. The third kappa shape index (κ3) is 3.62. The Kier molecular flexibility index (Phi) is 4.54. The van der Waals surface area contributed by atoms with Crippen LogP contribution < -0.4 is 10.6 Å². The first kappa shape index (κ1) is 19.6. The number of imidazole rings is 1. The number of hydrogen-bond donors (Lipinski definition) is 3. The predicted molar refractivity (Wildman–Crippen MR) is 114 cm³/mol. The van der Waals surface area contributed by atoms with E-state index in [1.165, 1.54) is 10.5 Å². The van der Waals surface area contributed by atoms with E-state index in [1.807, 2.05) is 24.3 Å². The van der Waals surface area contributed by atoms with Gasteiger partial charge >= 0.3 is 6.18 Å². The Labute approximate surface area is 178 Å². The van der Waals surface area contributed by atoms with Crippen LogP contribution in [0.1, 0.15) is 16.2 Å². The van der Waals surface area contributed by atoms with Gasteiger partial charge in [-0.3, -0.25) is 14.3 Å². The smallest absolute Gasteiger partial charge is 0.341 e. The molecule has 3 aromatic heterocycles. The number of H-pyrrole nitrogens is 1. The number of nitrogens with zero attached hydrogens (tertiary/aromatic N) is 3. The fourth-order valence-corrected chi connectivity index (χ4v) is 3.36. The second-order valence-electron chi connectivity index (χ2n) is 7.04. The van der Waals surface area contributed by atoms with Gasteiger partial charge in [0.25, 0.3) is 5.91 Å². The van der Waals surface area contributed by atoms with E-state index in [-0.39, 0.29) is 17.2 Å². The van der Waals surface area contributed by atoms with Crippen LogP contribution in [-0.2, 0) is 6.18 Å². The van der Waals surface area contributed by atoms with Crippen molar-refractivity contribution in [1.29, 1.82) is 0 Å². The van der Waals surface area contributed by atoms with Gasteiger partial charge < -0.3 is 10.6 Å². The molecule has 10 heteroatoms. The lowest BCUT2D eigenvalue weighted by Crippen LogP contribution is -2.12. The van der Waals surface area contributed by atoms with E-state index < -0.39 is 11.9 Å². The van der Waals surface area contributed by atoms with E-state index in [0.717, 1.165) is 17.1 Å². The van der Waals surface area contributed by atoms with Crippen molar-refractivity contribution in [3.63, 3.8) is 0 Å². The van der Waals surface area contributed by atoms with Crippen LogP contribution in [0.15, 0.2) is 72.9 Å².